The number of primary sulfonamides is 1. The summed E-state index contributed by atoms with van der Waals surface area (Å²) >= 11 is 6.13. The van der Waals surface area contributed by atoms with Crippen molar-refractivity contribution in [1.82, 2.24) is 4.90 Å². The molecule has 2 aromatic carbocycles. The van der Waals surface area contributed by atoms with Crippen LogP contribution in [0.1, 0.15) is 36.0 Å². The maximum atomic E-state index is 12.5. The molecule has 1 fully saturated rings. The van der Waals surface area contributed by atoms with E-state index in [0.29, 0.717) is 33.2 Å². The van der Waals surface area contributed by atoms with Crippen LogP contribution in [0.15, 0.2) is 52.1 Å². The Hall–Kier alpha value is -2.68. The zero-order valence-electron chi connectivity index (χ0n) is 18.0. The summed E-state index contributed by atoms with van der Waals surface area (Å²) < 4.78 is 24.8. The molecule has 0 bridgehead atoms. The molecule has 2 aromatic rings. The molecule has 32 heavy (non-hydrogen) atoms. The van der Waals surface area contributed by atoms with Crippen molar-refractivity contribution in [3.8, 4) is 0 Å². The molecule has 1 amide bonds. The van der Waals surface area contributed by atoms with Gasteiger partial charge in [0.2, 0.25) is 15.9 Å². The Balaban J connectivity index is 1.93. The summed E-state index contributed by atoms with van der Waals surface area (Å²) in [7, 11) is -4.06. The van der Waals surface area contributed by atoms with Crippen LogP contribution in [0.5, 0.6) is 0 Å². The highest BCUT2D eigenvalue weighted by molar-refractivity contribution is 7.89. The maximum Gasteiger partial charge on any atom is 0.238 e. The summed E-state index contributed by atoms with van der Waals surface area (Å²) in [6.45, 7) is 7.09. The van der Waals surface area contributed by atoms with Gasteiger partial charge in [-0.15, -0.1) is 0 Å². The number of carbonyl (C=O) groups is 1. The van der Waals surface area contributed by atoms with Crippen molar-refractivity contribution in [2.45, 2.75) is 37.5 Å². The van der Waals surface area contributed by atoms with E-state index in [1.54, 1.807) is 43.3 Å². The number of piperidine rings is 1. The molecule has 1 saturated heterocycles. The number of hydrogen-bond acceptors (Lipinski definition) is 5. The number of rotatable bonds is 7. The first kappa shape index (κ1) is 24.0. The van der Waals surface area contributed by atoms with E-state index in [-0.39, 0.29) is 17.2 Å². The first-order chi connectivity index (χ1) is 15.2. The topological polar surface area (TPSA) is 105 Å². The van der Waals surface area contributed by atoms with E-state index < -0.39 is 10.0 Å². The molecule has 9 heteroatoms. The van der Waals surface area contributed by atoms with E-state index in [4.69, 9.17) is 16.7 Å². The van der Waals surface area contributed by atoms with Crippen molar-refractivity contribution in [3.63, 3.8) is 0 Å². The van der Waals surface area contributed by atoms with Gasteiger partial charge in [0.15, 0.2) is 0 Å². The van der Waals surface area contributed by atoms with E-state index in [9.17, 15) is 13.2 Å². The smallest absolute Gasteiger partial charge is 0.238 e. The SMILES string of the molecule is C=N/C(=C\c1c(C)cc(NC(=O)Cc2ccccc2Cl)cc1S(N)(=O)=O)N1CCCCC1. The fourth-order valence-corrected chi connectivity index (χ4v) is 4.79. The third-order valence-electron chi connectivity index (χ3n) is 5.36. The van der Waals surface area contributed by atoms with Gasteiger partial charge in [-0.05, 0) is 68.3 Å². The summed E-state index contributed by atoms with van der Waals surface area (Å²) in [5.74, 6) is 0.288. The normalized spacial score (nSPS) is 14.8. The lowest BCUT2D eigenvalue weighted by Gasteiger charge is -2.29. The van der Waals surface area contributed by atoms with Crippen molar-refractivity contribution >= 4 is 46.0 Å². The first-order valence-electron chi connectivity index (χ1n) is 10.3. The molecule has 0 spiro atoms. The Kier molecular flexibility index (Phi) is 7.71. The Morgan fingerprint density at radius 1 is 1.25 bits per heavy atom. The van der Waals surface area contributed by atoms with Gasteiger partial charge in [0.25, 0.3) is 0 Å². The molecule has 0 unspecified atom stereocenters. The minimum atomic E-state index is -4.06. The highest BCUT2D eigenvalue weighted by Crippen LogP contribution is 2.28. The molecule has 1 heterocycles. The molecule has 1 aliphatic rings. The van der Waals surface area contributed by atoms with Gasteiger partial charge in [-0.3, -0.25) is 4.79 Å². The second-order valence-corrected chi connectivity index (χ2v) is 9.71. The molecule has 0 aliphatic carbocycles. The molecular formula is C23H27ClN4O3S. The standard InChI is InChI=1S/C23H27ClN4O3S/c1-16-12-18(27-23(29)13-17-8-4-5-9-20(17)24)14-21(32(25,30)31)19(16)15-22(26-2)28-10-6-3-7-11-28/h4-5,8-9,12,14-15H,2-3,6-7,10-11,13H2,1H3,(H,27,29)(H2,25,30,31)/b22-15+. The van der Waals surface area contributed by atoms with Crippen LogP contribution in [-0.2, 0) is 21.2 Å². The van der Waals surface area contributed by atoms with Crippen LogP contribution in [0.4, 0.5) is 5.69 Å². The van der Waals surface area contributed by atoms with Crippen LogP contribution in [0.2, 0.25) is 5.02 Å². The number of likely N-dealkylation sites (tertiary alicyclic amines) is 1. The number of nitrogens with two attached hydrogens (primary N) is 1. The predicted octanol–water partition coefficient (Wildman–Crippen LogP) is 3.96. The van der Waals surface area contributed by atoms with Crippen LogP contribution < -0.4 is 10.5 Å². The fourth-order valence-electron chi connectivity index (χ4n) is 3.77. The molecule has 170 valence electrons. The van der Waals surface area contributed by atoms with E-state index in [1.807, 2.05) is 0 Å². The zero-order chi connectivity index (χ0) is 23.3. The van der Waals surface area contributed by atoms with Gasteiger partial charge in [-0.2, -0.15) is 0 Å². The van der Waals surface area contributed by atoms with E-state index in [0.717, 1.165) is 32.4 Å². The van der Waals surface area contributed by atoms with Crippen molar-refractivity contribution in [2.75, 3.05) is 18.4 Å². The largest absolute Gasteiger partial charge is 0.357 e. The second-order valence-electron chi connectivity index (χ2n) is 7.77. The molecule has 7 nitrogen and oxygen atoms in total. The second kappa shape index (κ2) is 10.3. The monoisotopic (exact) mass is 474 g/mol. The number of nitrogens with one attached hydrogen (secondary N) is 1. The average molecular weight is 475 g/mol. The summed E-state index contributed by atoms with van der Waals surface area (Å²) in [6.07, 6.45) is 5.01. The number of nitrogens with zero attached hydrogens (tertiary/aromatic N) is 2. The highest BCUT2D eigenvalue weighted by atomic mass is 35.5. The summed E-state index contributed by atoms with van der Waals surface area (Å²) in [6, 6.07) is 10.1. The molecule has 0 atom stereocenters. The molecule has 0 aromatic heterocycles. The van der Waals surface area contributed by atoms with Crippen molar-refractivity contribution in [1.29, 1.82) is 0 Å². The molecule has 3 N–H and O–H groups in total. The average Bonchev–Trinajstić information content (AvgIpc) is 2.74. The minimum absolute atomic E-state index is 0.0601. The molecular weight excluding hydrogens is 448 g/mol. The molecule has 1 aliphatic heterocycles. The van der Waals surface area contributed by atoms with E-state index in [2.05, 4.69) is 21.9 Å². The lowest BCUT2D eigenvalue weighted by Crippen LogP contribution is -2.28. The number of benzene rings is 2. The molecule has 0 saturated carbocycles. The highest BCUT2D eigenvalue weighted by Gasteiger charge is 2.20. The summed E-state index contributed by atoms with van der Waals surface area (Å²) in [4.78, 5) is 18.7. The van der Waals surface area contributed by atoms with E-state index >= 15 is 0 Å². The Morgan fingerprint density at radius 3 is 2.56 bits per heavy atom. The number of carbonyl (C=O) groups excluding carboxylic acids is 1. The van der Waals surface area contributed by atoms with Crippen LogP contribution in [-0.4, -0.2) is 39.0 Å². The van der Waals surface area contributed by atoms with Gasteiger partial charge in [0.1, 0.15) is 5.82 Å². The van der Waals surface area contributed by atoms with Crippen molar-refractivity contribution in [3.05, 3.63) is 63.9 Å². The van der Waals surface area contributed by atoms with Gasteiger partial charge in [-0.25, -0.2) is 18.5 Å². The van der Waals surface area contributed by atoms with Gasteiger partial charge in [-0.1, -0.05) is 29.8 Å². The zero-order valence-corrected chi connectivity index (χ0v) is 19.5. The predicted molar refractivity (Wildman–Crippen MR) is 129 cm³/mol. The minimum Gasteiger partial charge on any atom is -0.357 e. The third-order valence-corrected chi connectivity index (χ3v) is 6.68. The maximum absolute atomic E-state index is 12.5. The number of sulfonamides is 1. The van der Waals surface area contributed by atoms with Gasteiger partial charge in [0.05, 0.1) is 11.3 Å². The summed E-state index contributed by atoms with van der Waals surface area (Å²) in [5.41, 5.74) is 2.09. The van der Waals surface area contributed by atoms with Crippen LogP contribution in [0, 0.1) is 6.92 Å². The number of halogens is 1. The number of amides is 1. The van der Waals surface area contributed by atoms with Gasteiger partial charge >= 0.3 is 0 Å². The number of hydrogen-bond donors (Lipinski definition) is 2. The van der Waals surface area contributed by atoms with Crippen LogP contribution >= 0.6 is 11.6 Å². The van der Waals surface area contributed by atoms with Crippen molar-refractivity contribution < 1.29 is 13.2 Å². The lowest BCUT2D eigenvalue weighted by atomic mass is 10.1. The quantitative estimate of drug-likeness (QED) is 0.592. The number of aryl methyl sites for hydroxylation is 1. The Morgan fingerprint density at radius 2 is 1.94 bits per heavy atom. The molecule has 3 rings (SSSR count). The summed E-state index contributed by atoms with van der Waals surface area (Å²) in [5, 5.41) is 8.75. The van der Waals surface area contributed by atoms with Gasteiger partial charge < -0.3 is 10.2 Å². The van der Waals surface area contributed by atoms with E-state index in [1.165, 1.54) is 6.07 Å². The van der Waals surface area contributed by atoms with Crippen molar-refractivity contribution in [2.24, 2.45) is 10.1 Å². The third kappa shape index (κ3) is 5.97. The Bertz CT molecular complexity index is 1160. The fraction of sp³-hybridized carbons (Fsp3) is 0.304. The number of anilines is 1. The molecule has 0 radical (unpaired) electrons. The lowest BCUT2D eigenvalue weighted by molar-refractivity contribution is -0.115. The first-order valence-corrected chi connectivity index (χ1v) is 12.3. The Labute approximate surface area is 194 Å². The van der Waals surface area contributed by atoms with Crippen LogP contribution in [0.25, 0.3) is 6.08 Å². The number of aliphatic imine (C=N–C) groups is 1. The van der Waals surface area contributed by atoms with Crippen LogP contribution in [0.3, 0.4) is 0 Å². The van der Waals surface area contributed by atoms with Gasteiger partial charge in [0, 0.05) is 29.4 Å².